The maximum atomic E-state index is 13.0. The SMILES string of the molecule is COC1=N[C@@H](C(C)(C)C)N(C(=O)OCc2ccccc2)[C@@H](C)[C@@H]1C(C)C. The normalized spacial score (nSPS) is 23.6. The van der Waals surface area contributed by atoms with Gasteiger partial charge in [-0.1, -0.05) is 65.0 Å². The average Bonchev–Trinajstić information content (AvgIpc) is 2.58. The number of aliphatic imine (C=N–C) groups is 1. The molecule has 0 N–H and O–H groups in total. The van der Waals surface area contributed by atoms with Gasteiger partial charge in [0.2, 0.25) is 0 Å². The molecule has 1 aliphatic rings. The number of benzene rings is 1. The molecule has 0 radical (unpaired) electrons. The van der Waals surface area contributed by atoms with E-state index in [0.29, 0.717) is 5.92 Å². The van der Waals surface area contributed by atoms with Gasteiger partial charge in [-0.2, -0.15) is 0 Å². The van der Waals surface area contributed by atoms with Crippen molar-refractivity contribution in [1.82, 2.24) is 4.90 Å². The second-order valence-corrected chi connectivity index (χ2v) is 8.37. The number of amides is 1. The van der Waals surface area contributed by atoms with E-state index < -0.39 is 0 Å². The van der Waals surface area contributed by atoms with Crippen LogP contribution >= 0.6 is 0 Å². The van der Waals surface area contributed by atoms with Crippen molar-refractivity contribution in [3.05, 3.63) is 35.9 Å². The molecule has 1 aliphatic heterocycles. The Morgan fingerprint density at radius 2 is 1.85 bits per heavy atom. The zero-order chi connectivity index (χ0) is 19.5. The van der Waals surface area contributed by atoms with Crippen LogP contribution in [0.3, 0.4) is 0 Å². The second-order valence-electron chi connectivity index (χ2n) is 8.37. The molecule has 1 heterocycles. The third kappa shape index (κ3) is 4.37. The van der Waals surface area contributed by atoms with Gasteiger partial charge in [0.1, 0.15) is 12.8 Å². The minimum atomic E-state index is -0.328. The van der Waals surface area contributed by atoms with Crippen LogP contribution in [-0.4, -0.2) is 36.2 Å². The Balaban J connectivity index is 2.29. The summed E-state index contributed by atoms with van der Waals surface area (Å²) in [4.78, 5) is 19.6. The molecule has 0 unspecified atom stereocenters. The highest BCUT2D eigenvalue weighted by Gasteiger charge is 2.46. The summed E-state index contributed by atoms with van der Waals surface area (Å²) < 4.78 is 11.2. The molecule has 5 nitrogen and oxygen atoms in total. The molecule has 0 fully saturated rings. The van der Waals surface area contributed by atoms with Crippen molar-refractivity contribution in [1.29, 1.82) is 0 Å². The minimum Gasteiger partial charge on any atom is -0.484 e. The van der Waals surface area contributed by atoms with Gasteiger partial charge in [-0.25, -0.2) is 9.79 Å². The average molecular weight is 360 g/mol. The Bertz CT molecular complexity index is 634. The third-order valence-corrected chi connectivity index (χ3v) is 4.87. The highest BCUT2D eigenvalue weighted by Crippen LogP contribution is 2.36. The van der Waals surface area contributed by atoms with Crippen LogP contribution in [0, 0.1) is 17.3 Å². The molecule has 0 aliphatic carbocycles. The van der Waals surface area contributed by atoms with Gasteiger partial charge in [0.05, 0.1) is 13.0 Å². The molecular weight excluding hydrogens is 328 g/mol. The van der Waals surface area contributed by atoms with Crippen molar-refractivity contribution in [2.24, 2.45) is 22.2 Å². The summed E-state index contributed by atoms with van der Waals surface area (Å²) in [5.41, 5.74) is 0.741. The number of ether oxygens (including phenoxy) is 2. The summed E-state index contributed by atoms with van der Waals surface area (Å²) in [6.45, 7) is 12.8. The molecule has 1 aromatic carbocycles. The van der Waals surface area contributed by atoms with E-state index in [0.717, 1.165) is 11.5 Å². The molecule has 0 bridgehead atoms. The molecular formula is C21H32N2O3. The molecule has 3 atom stereocenters. The summed E-state index contributed by atoms with van der Waals surface area (Å²) >= 11 is 0. The first-order valence-corrected chi connectivity index (χ1v) is 9.27. The fourth-order valence-corrected chi connectivity index (χ4v) is 3.57. The quantitative estimate of drug-likeness (QED) is 0.784. The van der Waals surface area contributed by atoms with Crippen LogP contribution in [0.25, 0.3) is 0 Å². The Hall–Kier alpha value is -2.04. The van der Waals surface area contributed by atoms with Crippen LogP contribution in [0.1, 0.15) is 47.1 Å². The van der Waals surface area contributed by atoms with E-state index in [1.807, 2.05) is 30.3 Å². The number of hydrogen-bond donors (Lipinski definition) is 0. The highest BCUT2D eigenvalue weighted by molar-refractivity contribution is 5.82. The topological polar surface area (TPSA) is 51.1 Å². The number of carbonyl (C=O) groups excluding carboxylic acids is 1. The van der Waals surface area contributed by atoms with Gasteiger partial charge >= 0.3 is 6.09 Å². The zero-order valence-electron chi connectivity index (χ0n) is 17.0. The van der Waals surface area contributed by atoms with E-state index in [1.54, 1.807) is 12.0 Å². The van der Waals surface area contributed by atoms with Gasteiger partial charge in [-0.15, -0.1) is 0 Å². The third-order valence-electron chi connectivity index (χ3n) is 4.87. The summed E-state index contributed by atoms with van der Waals surface area (Å²) in [6, 6.07) is 9.67. The zero-order valence-corrected chi connectivity index (χ0v) is 17.0. The van der Waals surface area contributed by atoms with Crippen molar-refractivity contribution >= 4 is 12.0 Å². The number of carbonyl (C=O) groups is 1. The molecule has 0 aromatic heterocycles. The molecule has 26 heavy (non-hydrogen) atoms. The number of nitrogens with zero attached hydrogens (tertiary/aromatic N) is 2. The predicted octanol–water partition coefficient (Wildman–Crippen LogP) is 4.72. The van der Waals surface area contributed by atoms with Crippen LogP contribution in [0.4, 0.5) is 4.79 Å². The molecule has 0 saturated heterocycles. The molecule has 0 saturated carbocycles. The number of methoxy groups -OCH3 is 1. The lowest BCUT2D eigenvalue weighted by molar-refractivity contribution is 0.0115. The fraction of sp³-hybridized carbons (Fsp3) is 0.619. The molecule has 5 heteroatoms. The van der Waals surface area contributed by atoms with Gasteiger partial charge in [-0.3, -0.25) is 4.90 Å². The highest BCUT2D eigenvalue weighted by atomic mass is 16.6. The Morgan fingerprint density at radius 1 is 1.23 bits per heavy atom. The van der Waals surface area contributed by atoms with Crippen molar-refractivity contribution in [2.45, 2.75) is 60.4 Å². The van der Waals surface area contributed by atoms with Crippen molar-refractivity contribution in [3.63, 3.8) is 0 Å². The molecule has 1 amide bonds. The molecule has 0 spiro atoms. The van der Waals surface area contributed by atoms with Crippen LogP contribution in [-0.2, 0) is 16.1 Å². The second kappa shape index (κ2) is 8.11. The van der Waals surface area contributed by atoms with Gasteiger partial charge in [0, 0.05) is 11.5 Å². The first-order valence-electron chi connectivity index (χ1n) is 9.27. The summed E-state index contributed by atoms with van der Waals surface area (Å²) in [6.07, 6.45) is -0.656. The van der Waals surface area contributed by atoms with E-state index in [2.05, 4.69) is 41.5 Å². The summed E-state index contributed by atoms with van der Waals surface area (Å²) in [5.74, 6) is 1.07. The minimum absolute atomic E-state index is 0.0443. The van der Waals surface area contributed by atoms with Gasteiger partial charge in [-0.05, 0) is 18.4 Å². The standard InChI is InChI=1S/C21H32N2O3/c1-14(2)17-15(3)23(19(21(4,5)6)22-18(17)25-7)20(24)26-13-16-11-9-8-10-12-16/h8-12,14-15,17,19H,13H2,1-7H3/t15-,17-,19+/m0/s1. The van der Waals surface area contributed by atoms with E-state index in [4.69, 9.17) is 14.5 Å². The summed E-state index contributed by atoms with van der Waals surface area (Å²) in [5, 5.41) is 0. The molecule has 144 valence electrons. The lowest BCUT2D eigenvalue weighted by atomic mass is 9.82. The van der Waals surface area contributed by atoms with E-state index >= 15 is 0 Å². The van der Waals surface area contributed by atoms with Crippen molar-refractivity contribution in [3.8, 4) is 0 Å². The molecule has 2 rings (SSSR count). The lowest BCUT2D eigenvalue weighted by Gasteiger charge is -2.47. The van der Waals surface area contributed by atoms with Crippen LogP contribution in [0.15, 0.2) is 35.3 Å². The number of rotatable bonds is 3. The van der Waals surface area contributed by atoms with Crippen LogP contribution in [0.5, 0.6) is 0 Å². The van der Waals surface area contributed by atoms with Crippen LogP contribution < -0.4 is 0 Å². The Labute approximate surface area is 157 Å². The lowest BCUT2D eigenvalue weighted by Crippen LogP contribution is -2.59. The Morgan fingerprint density at radius 3 is 2.35 bits per heavy atom. The molecule has 1 aromatic rings. The van der Waals surface area contributed by atoms with Crippen molar-refractivity contribution < 1.29 is 14.3 Å². The number of hydrogen-bond acceptors (Lipinski definition) is 4. The summed E-state index contributed by atoms with van der Waals surface area (Å²) in [7, 11) is 1.66. The first kappa shape index (κ1) is 20.3. The fourth-order valence-electron chi connectivity index (χ4n) is 3.57. The van der Waals surface area contributed by atoms with Crippen LogP contribution in [0.2, 0.25) is 0 Å². The van der Waals surface area contributed by atoms with Gasteiger partial charge in [0.25, 0.3) is 0 Å². The smallest absolute Gasteiger partial charge is 0.412 e. The first-order chi connectivity index (χ1) is 12.2. The van der Waals surface area contributed by atoms with Crippen molar-refractivity contribution in [2.75, 3.05) is 7.11 Å². The Kier molecular flexibility index (Phi) is 6.32. The van der Waals surface area contributed by atoms with E-state index in [1.165, 1.54) is 0 Å². The van der Waals surface area contributed by atoms with E-state index in [9.17, 15) is 4.79 Å². The largest absolute Gasteiger partial charge is 0.484 e. The maximum Gasteiger partial charge on any atom is 0.412 e. The van der Waals surface area contributed by atoms with Gasteiger partial charge < -0.3 is 9.47 Å². The predicted molar refractivity (Wildman–Crippen MR) is 104 cm³/mol. The maximum absolute atomic E-state index is 13.0. The van der Waals surface area contributed by atoms with Gasteiger partial charge in [0.15, 0.2) is 5.90 Å². The monoisotopic (exact) mass is 360 g/mol. The van der Waals surface area contributed by atoms with E-state index in [-0.39, 0.29) is 36.2 Å².